The molecule has 0 spiro atoms. The highest BCUT2D eigenvalue weighted by molar-refractivity contribution is 7.99. The topological polar surface area (TPSA) is 0 Å². The lowest BCUT2D eigenvalue weighted by Crippen LogP contribution is -1.87. The Morgan fingerprint density at radius 2 is 0.269 bits per heavy atom. The normalized spacial score (nSPS) is 11.7. The Balaban J connectivity index is 3.04. The van der Waals surface area contributed by atoms with E-state index in [1.54, 1.807) is 0 Å². The zero-order valence-electron chi connectivity index (χ0n) is 37.1. The first kappa shape index (κ1) is 52.3. The molecule has 0 amide bonds. The molecular formula is C51H104S. The van der Waals surface area contributed by atoms with Crippen LogP contribution in [0.2, 0.25) is 0 Å². The van der Waals surface area contributed by atoms with E-state index in [1.165, 1.54) is 313 Å². The van der Waals surface area contributed by atoms with E-state index in [0.29, 0.717) is 0 Å². The minimum absolute atomic E-state index is 1.37. The second-order valence-electron chi connectivity index (χ2n) is 17.5. The van der Waals surface area contributed by atoms with Crippen LogP contribution >= 0.6 is 11.8 Å². The van der Waals surface area contributed by atoms with Crippen molar-refractivity contribution in [2.75, 3.05) is 11.5 Å². The van der Waals surface area contributed by atoms with Crippen molar-refractivity contribution in [1.29, 1.82) is 0 Å². The summed E-state index contributed by atoms with van der Waals surface area (Å²) in [6.07, 6.45) is 69.6. The molecule has 0 fully saturated rings. The number of hydrogen-bond acceptors (Lipinski definition) is 1. The number of unbranched alkanes of at least 4 members (excludes halogenated alkanes) is 45. The van der Waals surface area contributed by atoms with Crippen molar-refractivity contribution >= 4 is 11.8 Å². The average molecular weight is 749 g/mol. The molecule has 0 saturated carbocycles. The smallest absolute Gasteiger partial charge is 0.00675 e. The fraction of sp³-hybridized carbons (Fsp3) is 1.00. The van der Waals surface area contributed by atoms with Crippen LogP contribution in [0.25, 0.3) is 0 Å². The molecule has 0 N–H and O–H groups in total. The van der Waals surface area contributed by atoms with Gasteiger partial charge in [-0.15, -0.1) is 0 Å². The van der Waals surface area contributed by atoms with Crippen molar-refractivity contribution in [3.05, 3.63) is 0 Å². The summed E-state index contributed by atoms with van der Waals surface area (Å²) >= 11 is 2.24. The van der Waals surface area contributed by atoms with Crippen LogP contribution in [0.1, 0.15) is 316 Å². The van der Waals surface area contributed by atoms with Gasteiger partial charge in [0.05, 0.1) is 0 Å². The van der Waals surface area contributed by atoms with E-state index in [9.17, 15) is 0 Å². The van der Waals surface area contributed by atoms with Crippen LogP contribution in [-0.2, 0) is 0 Å². The Labute approximate surface area is 337 Å². The van der Waals surface area contributed by atoms with Gasteiger partial charge in [-0.05, 0) is 24.3 Å². The van der Waals surface area contributed by atoms with Crippen molar-refractivity contribution in [2.24, 2.45) is 0 Å². The second kappa shape index (κ2) is 51.4. The van der Waals surface area contributed by atoms with Crippen LogP contribution in [0.5, 0.6) is 0 Å². The molecule has 0 saturated heterocycles. The quantitative estimate of drug-likeness (QED) is 0.0558. The molecule has 0 bridgehead atoms. The lowest BCUT2D eigenvalue weighted by Gasteiger charge is -2.05. The summed E-state index contributed by atoms with van der Waals surface area (Å²) in [5.41, 5.74) is 0. The van der Waals surface area contributed by atoms with E-state index in [0.717, 1.165) is 0 Å². The fourth-order valence-corrected chi connectivity index (χ4v) is 9.28. The Morgan fingerprint density at radius 1 is 0.154 bits per heavy atom. The zero-order chi connectivity index (χ0) is 37.4. The monoisotopic (exact) mass is 749 g/mol. The van der Waals surface area contributed by atoms with Crippen LogP contribution in [-0.4, -0.2) is 11.5 Å². The predicted molar refractivity (Wildman–Crippen MR) is 246 cm³/mol. The second-order valence-corrected chi connectivity index (χ2v) is 18.7. The summed E-state index contributed by atoms with van der Waals surface area (Å²) in [6.45, 7) is 4.62. The molecule has 0 heterocycles. The third-order valence-corrected chi connectivity index (χ3v) is 13.2. The predicted octanol–water partition coefficient (Wildman–Crippen LogP) is 20.1. The Kier molecular flexibility index (Phi) is 51.7. The number of thioether (sulfide) groups is 1. The van der Waals surface area contributed by atoms with Crippen LogP contribution in [0, 0.1) is 0 Å². The van der Waals surface area contributed by atoms with Crippen LogP contribution in [0.3, 0.4) is 0 Å². The largest absolute Gasteiger partial charge is 0.162 e. The van der Waals surface area contributed by atoms with E-state index in [2.05, 4.69) is 25.6 Å². The van der Waals surface area contributed by atoms with Gasteiger partial charge < -0.3 is 0 Å². The highest BCUT2D eigenvalue weighted by Gasteiger charge is 1.99. The summed E-state index contributed by atoms with van der Waals surface area (Å²) in [6, 6.07) is 0. The molecule has 0 unspecified atom stereocenters. The third-order valence-electron chi connectivity index (χ3n) is 12.0. The third kappa shape index (κ3) is 50.4. The maximum atomic E-state index is 2.31. The first-order valence-electron chi connectivity index (χ1n) is 25.5. The maximum absolute atomic E-state index is 2.31. The fourth-order valence-electron chi connectivity index (χ4n) is 8.26. The molecule has 0 nitrogen and oxygen atoms in total. The van der Waals surface area contributed by atoms with Crippen LogP contribution in [0.4, 0.5) is 0 Å². The number of hydrogen-bond donors (Lipinski definition) is 0. The van der Waals surface area contributed by atoms with Crippen molar-refractivity contribution in [3.63, 3.8) is 0 Å². The van der Waals surface area contributed by atoms with E-state index in [4.69, 9.17) is 0 Å². The number of rotatable bonds is 49. The molecule has 0 atom stereocenters. The van der Waals surface area contributed by atoms with Gasteiger partial charge in [0.1, 0.15) is 0 Å². The Hall–Kier alpha value is 0.350. The van der Waals surface area contributed by atoms with Gasteiger partial charge in [-0.2, -0.15) is 11.8 Å². The lowest BCUT2D eigenvalue weighted by atomic mass is 10.0. The van der Waals surface area contributed by atoms with Gasteiger partial charge in [-0.1, -0.05) is 303 Å². The van der Waals surface area contributed by atoms with Gasteiger partial charge >= 0.3 is 0 Å². The minimum Gasteiger partial charge on any atom is -0.162 e. The van der Waals surface area contributed by atoms with Crippen molar-refractivity contribution in [3.8, 4) is 0 Å². The van der Waals surface area contributed by atoms with Gasteiger partial charge in [-0.25, -0.2) is 0 Å². The first-order chi connectivity index (χ1) is 25.9. The van der Waals surface area contributed by atoms with E-state index in [-0.39, 0.29) is 0 Å². The highest BCUT2D eigenvalue weighted by atomic mass is 32.2. The summed E-state index contributed by atoms with van der Waals surface area (Å²) in [4.78, 5) is 0. The van der Waals surface area contributed by atoms with Gasteiger partial charge in [0.2, 0.25) is 0 Å². The van der Waals surface area contributed by atoms with Crippen LogP contribution < -0.4 is 0 Å². The molecule has 314 valence electrons. The SMILES string of the molecule is CCCCCCCCCCCCCCCCCCCCCCCCCCCCSCCCCCCCCCCCCCCCCCCCCCCC. The van der Waals surface area contributed by atoms with E-state index in [1.807, 2.05) is 0 Å². The van der Waals surface area contributed by atoms with E-state index < -0.39 is 0 Å². The molecular weight excluding hydrogens is 645 g/mol. The Bertz CT molecular complexity index is 522. The summed E-state index contributed by atoms with van der Waals surface area (Å²) in [7, 11) is 0. The van der Waals surface area contributed by atoms with Crippen LogP contribution in [0.15, 0.2) is 0 Å². The summed E-state index contributed by atoms with van der Waals surface area (Å²) in [5.74, 6) is 2.83. The minimum atomic E-state index is 1.37. The molecule has 0 aromatic carbocycles. The van der Waals surface area contributed by atoms with Gasteiger partial charge in [0.25, 0.3) is 0 Å². The Morgan fingerprint density at radius 3 is 0.404 bits per heavy atom. The molecule has 0 aliphatic carbocycles. The molecule has 0 aromatic rings. The molecule has 1 heteroatoms. The van der Waals surface area contributed by atoms with Crippen molar-refractivity contribution < 1.29 is 0 Å². The van der Waals surface area contributed by atoms with Crippen molar-refractivity contribution in [2.45, 2.75) is 316 Å². The molecule has 0 aromatic heterocycles. The van der Waals surface area contributed by atoms with Gasteiger partial charge in [0.15, 0.2) is 0 Å². The first-order valence-corrected chi connectivity index (χ1v) is 26.6. The molecule has 0 aliphatic heterocycles. The molecule has 0 aliphatic rings. The summed E-state index contributed by atoms with van der Waals surface area (Å²) < 4.78 is 0. The van der Waals surface area contributed by atoms with E-state index >= 15 is 0 Å². The standard InChI is InChI=1S/C51H104S/c1-3-5-7-9-11-13-15-17-19-21-23-25-26-27-28-29-31-33-35-37-39-41-43-45-47-49-51-52-50-48-46-44-42-40-38-36-34-32-30-24-22-20-18-16-14-12-10-8-6-4-2/h3-51H2,1-2H3. The molecule has 0 rings (SSSR count). The summed E-state index contributed by atoms with van der Waals surface area (Å²) in [5, 5.41) is 0. The average Bonchev–Trinajstić information content (AvgIpc) is 3.16. The zero-order valence-corrected chi connectivity index (χ0v) is 37.9. The van der Waals surface area contributed by atoms with Crippen molar-refractivity contribution in [1.82, 2.24) is 0 Å². The molecule has 52 heavy (non-hydrogen) atoms. The molecule has 0 radical (unpaired) electrons. The highest BCUT2D eigenvalue weighted by Crippen LogP contribution is 2.18. The van der Waals surface area contributed by atoms with Gasteiger partial charge in [0, 0.05) is 0 Å². The van der Waals surface area contributed by atoms with Gasteiger partial charge in [-0.3, -0.25) is 0 Å². The maximum Gasteiger partial charge on any atom is -0.00675 e. The lowest BCUT2D eigenvalue weighted by molar-refractivity contribution is 0.516.